The van der Waals surface area contributed by atoms with E-state index in [1.807, 2.05) is 6.92 Å². The molecule has 2 aromatic rings. The molecule has 0 saturated carbocycles. The molecule has 6 nitrogen and oxygen atoms in total. The topological polar surface area (TPSA) is 76.7 Å². The van der Waals surface area contributed by atoms with Crippen molar-refractivity contribution in [1.29, 1.82) is 0 Å². The highest BCUT2D eigenvalue weighted by Gasteiger charge is 2.12. The Morgan fingerprint density at radius 1 is 0.958 bits per heavy atom. The molecule has 0 fully saturated rings. The van der Waals surface area contributed by atoms with Crippen LogP contribution in [-0.4, -0.2) is 32.6 Å². The lowest BCUT2D eigenvalue weighted by atomic mass is 10.1. The Bertz CT molecular complexity index is 726. The van der Waals surface area contributed by atoms with E-state index >= 15 is 0 Å². The Kier molecular flexibility index (Phi) is 5.78. The third kappa shape index (κ3) is 4.04. The van der Waals surface area contributed by atoms with E-state index in [2.05, 4.69) is 10.6 Å². The zero-order valence-electron chi connectivity index (χ0n) is 13.9. The predicted octanol–water partition coefficient (Wildman–Crippen LogP) is 2.71. The zero-order valence-corrected chi connectivity index (χ0v) is 13.9. The van der Waals surface area contributed by atoms with Gasteiger partial charge in [-0.05, 0) is 49.4 Å². The standard InChI is InChI=1S/C18H20N2O4/c1-4-24-16-11-13(7-10-15(16)23-3)18(22)20-14-8-5-12(6-9-14)17(21)19-2/h5-11H,4H2,1-3H3,(H,19,21)(H,20,22). The van der Waals surface area contributed by atoms with Crippen molar-refractivity contribution in [2.45, 2.75) is 6.92 Å². The van der Waals surface area contributed by atoms with E-state index in [0.717, 1.165) is 0 Å². The number of hydrogen-bond donors (Lipinski definition) is 2. The van der Waals surface area contributed by atoms with Crippen molar-refractivity contribution >= 4 is 17.5 Å². The number of ether oxygens (including phenoxy) is 2. The molecule has 0 aliphatic rings. The fourth-order valence-corrected chi connectivity index (χ4v) is 2.14. The molecule has 2 amide bonds. The smallest absolute Gasteiger partial charge is 0.255 e. The van der Waals surface area contributed by atoms with Gasteiger partial charge >= 0.3 is 0 Å². The molecule has 0 aliphatic carbocycles. The second kappa shape index (κ2) is 8.01. The minimum Gasteiger partial charge on any atom is -0.493 e. The summed E-state index contributed by atoms with van der Waals surface area (Å²) in [6, 6.07) is 11.6. The summed E-state index contributed by atoms with van der Waals surface area (Å²) in [5.74, 6) is 0.640. The summed E-state index contributed by atoms with van der Waals surface area (Å²) in [6.07, 6.45) is 0. The normalized spacial score (nSPS) is 9.96. The molecule has 0 aromatic heterocycles. The van der Waals surface area contributed by atoms with E-state index < -0.39 is 0 Å². The number of carbonyl (C=O) groups is 2. The summed E-state index contributed by atoms with van der Waals surface area (Å²) >= 11 is 0. The second-order valence-corrected chi connectivity index (χ2v) is 4.91. The zero-order chi connectivity index (χ0) is 17.5. The Morgan fingerprint density at radius 3 is 2.21 bits per heavy atom. The van der Waals surface area contributed by atoms with Gasteiger partial charge in [0.25, 0.3) is 11.8 Å². The molecule has 126 valence electrons. The third-order valence-electron chi connectivity index (χ3n) is 3.36. The van der Waals surface area contributed by atoms with Gasteiger partial charge in [0, 0.05) is 23.9 Å². The van der Waals surface area contributed by atoms with Gasteiger partial charge in [0.15, 0.2) is 11.5 Å². The minimum absolute atomic E-state index is 0.176. The summed E-state index contributed by atoms with van der Waals surface area (Å²) in [4.78, 5) is 23.9. The van der Waals surface area contributed by atoms with Gasteiger partial charge in [0.05, 0.1) is 13.7 Å². The lowest BCUT2D eigenvalue weighted by Crippen LogP contribution is -2.18. The summed E-state index contributed by atoms with van der Waals surface area (Å²) < 4.78 is 10.7. The van der Waals surface area contributed by atoms with Crippen molar-refractivity contribution in [2.75, 3.05) is 26.1 Å². The average molecular weight is 328 g/mol. The number of nitrogens with one attached hydrogen (secondary N) is 2. The van der Waals surface area contributed by atoms with Crippen LogP contribution in [0, 0.1) is 0 Å². The van der Waals surface area contributed by atoms with E-state index in [9.17, 15) is 9.59 Å². The van der Waals surface area contributed by atoms with E-state index in [1.165, 1.54) is 0 Å². The predicted molar refractivity (Wildman–Crippen MR) is 91.9 cm³/mol. The molecular formula is C18H20N2O4. The number of carbonyl (C=O) groups excluding carboxylic acids is 2. The highest BCUT2D eigenvalue weighted by molar-refractivity contribution is 6.05. The van der Waals surface area contributed by atoms with Crippen molar-refractivity contribution < 1.29 is 19.1 Å². The largest absolute Gasteiger partial charge is 0.493 e. The number of anilines is 1. The molecule has 0 bridgehead atoms. The molecule has 0 heterocycles. The van der Waals surface area contributed by atoms with Crippen LogP contribution in [0.3, 0.4) is 0 Å². The second-order valence-electron chi connectivity index (χ2n) is 4.91. The number of methoxy groups -OCH3 is 1. The molecule has 2 rings (SSSR count). The summed E-state index contributed by atoms with van der Waals surface area (Å²) in [6.45, 7) is 2.34. The molecule has 0 unspecified atom stereocenters. The first-order valence-electron chi connectivity index (χ1n) is 7.53. The first kappa shape index (κ1) is 17.3. The van der Waals surface area contributed by atoms with Crippen molar-refractivity contribution in [1.82, 2.24) is 5.32 Å². The molecule has 0 atom stereocenters. The monoisotopic (exact) mass is 328 g/mol. The van der Waals surface area contributed by atoms with Gasteiger partial charge in [-0.15, -0.1) is 0 Å². The number of hydrogen-bond acceptors (Lipinski definition) is 4. The number of amides is 2. The van der Waals surface area contributed by atoms with Crippen LogP contribution in [0.2, 0.25) is 0 Å². The highest BCUT2D eigenvalue weighted by Crippen LogP contribution is 2.28. The average Bonchev–Trinajstić information content (AvgIpc) is 2.62. The molecule has 0 saturated heterocycles. The number of benzene rings is 2. The molecule has 0 radical (unpaired) electrons. The van der Waals surface area contributed by atoms with Crippen LogP contribution in [0.4, 0.5) is 5.69 Å². The van der Waals surface area contributed by atoms with Crippen LogP contribution in [0.25, 0.3) is 0 Å². The lowest BCUT2D eigenvalue weighted by molar-refractivity contribution is 0.0962. The minimum atomic E-state index is -0.272. The fraction of sp³-hybridized carbons (Fsp3) is 0.222. The van der Waals surface area contributed by atoms with Crippen LogP contribution in [0.15, 0.2) is 42.5 Å². The van der Waals surface area contributed by atoms with Gasteiger partial charge in [0.1, 0.15) is 0 Å². The van der Waals surface area contributed by atoms with Crippen LogP contribution in [0.1, 0.15) is 27.6 Å². The quantitative estimate of drug-likeness (QED) is 0.855. The third-order valence-corrected chi connectivity index (χ3v) is 3.36. The molecule has 2 N–H and O–H groups in total. The Labute approximate surface area is 140 Å². The Morgan fingerprint density at radius 2 is 1.62 bits per heavy atom. The maximum atomic E-state index is 12.4. The Balaban J connectivity index is 2.14. The van der Waals surface area contributed by atoms with Crippen molar-refractivity contribution in [3.63, 3.8) is 0 Å². The van der Waals surface area contributed by atoms with Crippen molar-refractivity contribution in [2.24, 2.45) is 0 Å². The van der Waals surface area contributed by atoms with Gasteiger partial charge in [-0.3, -0.25) is 9.59 Å². The van der Waals surface area contributed by atoms with Crippen molar-refractivity contribution in [3.05, 3.63) is 53.6 Å². The lowest BCUT2D eigenvalue weighted by Gasteiger charge is -2.11. The maximum Gasteiger partial charge on any atom is 0.255 e. The van der Waals surface area contributed by atoms with E-state index in [-0.39, 0.29) is 11.8 Å². The molecule has 6 heteroatoms. The highest BCUT2D eigenvalue weighted by atomic mass is 16.5. The first-order valence-corrected chi connectivity index (χ1v) is 7.53. The van der Waals surface area contributed by atoms with Crippen LogP contribution < -0.4 is 20.1 Å². The van der Waals surface area contributed by atoms with Crippen LogP contribution in [-0.2, 0) is 0 Å². The molecule has 24 heavy (non-hydrogen) atoms. The van der Waals surface area contributed by atoms with Gasteiger partial charge in [-0.1, -0.05) is 0 Å². The summed E-state index contributed by atoms with van der Waals surface area (Å²) in [5, 5.41) is 5.33. The van der Waals surface area contributed by atoms with Crippen molar-refractivity contribution in [3.8, 4) is 11.5 Å². The molecule has 0 aliphatic heterocycles. The Hall–Kier alpha value is -3.02. The van der Waals surface area contributed by atoms with Gasteiger partial charge in [-0.2, -0.15) is 0 Å². The first-order chi connectivity index (χ1) is 11.6. The van der Waals surface area contributed by atoms with Gasteiger partial charge < -0.3 is 20.1 Å². The fourth-order valence-electron chi connectivity index (χ4n) is 2.14. The van der Waals surface area contributed by atoms with E-state index in [4.69, 9.17) is 9.47 Å². The number of rotatable bonds is 6. The molecule has 2 aromatic carbocycles. The SMILES string of the molecule is CCOc1cc(C(=O)Nc2ccc(C(=O)NC)cc2)ccc1OC. The molecular weight excluding hydrogens is 308 g/mol. The summed E-state index contributed by atoms with van der Waals surface area (Å²) in [5.41, 5.74) is 1.58. The van der Waals surface area contributed by atoms with Gasteiger partial charge in [-0.25, -0.2) is 0 Å². The van der Waals surface area contributed by atoms with Gasteiger partial charge in [0.2, 0.25) is 0 Å². The molecule has 0 spiro atoms. The maximum absolute atomic E-state index is 12.4. The van der Waals surface area contributed by atoms with E-state index in [0.29, 0.717) is 34.9 Å². The van der Waals surface area contributed by atoms with E-state index in [1.54, 1.807) is 56.6 Å². The van der Waals surface area contributed by atoms with Crippen LogP contribution in [0.5, 0.6) is 11.5 Å². The summed E-state index contributed by atoms with van der Waals surface area (Å²) in [7, 11) is 3.11. The van der Waals surface area contributed by atoms with Crippen LogP contribution >= 0.6 is 0 Å².